The van der Waals surface area contributed by atoms with Crippen LogP contribution in [0.25, 0.3) is 0 Å². The summed E-state index contributed by atoms with van der Waals surface area (Å²) in [6.45, 7) is 8.24. The molecular weight excluding hydrogens is 344 g/mol. The van der Waals surface area contributed by atoms with Crippen molar-refractivity contribution in [1.29, 1.82) is 0 Å². The molecule has 0 heterocycles. The van der Waals surface area contributed by atoms with Crippen molar-refractivity contribution in [2.75, 3.05) is 6.61 Å². The fourth-order valence-corrected chi connectivity index (χ4v) is 9.34. The van der Waals surface area contributed by atoms with Crippen LogP contribution in [0.2, 0.25) is 0 Å². The predicted octanol–water partition coefficient (Wildman–Crippen LogP) is 6.40. The number of aliphatic hydroxyl groups is 1. The molecule has 4 rings (SSSR count). The van der Waals surface area contributed by atoms with Crippen LogP contribution in [0.1, 0.15) is 111 Å². The number of hydrogen-bond donors (Lipinski definition) is 1. The van der Waals surface area contributed by atoms with Crippen molar-refractivity contribution < 1.29 is 10.6 Å². The zero-order valence-electron chi connectivity index (χ0n) is 19.0. The van der Waals surface area contributed by atoms with Gasteiger partial charge in [0.2, 0.25) is 0 Å². The maximum atomic E-state index is 9.21. The lowest BCUT2D eigenvalue weighted by molar-refractivity contribution is -0.136. The van der Waals surface area contributed by atoms with E-state index < -0.39 is 0 Å². The Balaban J connectivity index is 0.00000225. The first-order valence-electron chi connectivity index (χ1n) is 12.7. The van der Waals surface area contributed by atoms with Crippen molar-refractivity contribution >= 4 is 0 Å². The molecule has 164 valence electrons. The van der Waals surface area contributed by atoms with Crippen molar-refractivity contribution in [1.82, 2.24) is 0 Å². The average Bonchev–Trinajstić information content (AvgIpc) is 2.99. The molecule has 2 nitrogen and oxygen atoms in total. The zero-order chi connectivity index (χ0) is 19.1. The summed E-state index contributed by atoms with van der Waals surface area (Å²) in [6, 6.07) is 0. The van der Waals surface area contributed by atoms with Crippen LogP contribution in [-0.2, 0) is 0 Å². The Bertz CT molecular complexity index is 505. The topological polar surface area (TPSA) is 51.7 Å². The van der Waals surface area contributed by atoms with Gasteiger partial charge in [0.15, 0.2) is 0 Å². The highest BCUT2D eigenvalue weighted by molar-refractivity contribution is 5.10. The molecule has 3 N–H and O–H groups in total. The van der Waals surface area contributed by atoms with Gasteiger partial charge in [-0.3, -0.25) is 0 Å². The molecule has 0 saturated heterocycles. The summed E-state index contributed by atoms with van der Waals surface area (Å²) in [5, 5.41) is 9.21. The van der Waals surface area contributed by atoms with E-state index in [1.165, 1.54) is 77.0 Å². The van der Waals surface area contributed by atoms with Gasteiger partial charge < -0.3 is 10.6 Å². The van der Waals surface area contributed by atoms with Crippen molar-refractivity contribution in [3.05, 3.63) is 0 Å². The minimum atomic E-state index is 0. The quantitative estimate of drug-likeness (QED) is 0.522. The molecule has 0 radical (unpaired) electrons. The Morgan fingerprint density at radius 1 is 0.821 bits per heavy atom. The number of unbranched alkanes of at least 4 members (excludes halogenated alkanes) is 1. The Morgan fingerprint density at radius 2 is 1.61 bits per heavy atom. The van der Waals surface area contributed by atoms with Crippen molar-refractivity contribution in [2.45, 2.75) is 111 Å². The first-order valence-corrected chi connectivity index (χ1v) is 12.7. The third-order valence-electron chi connectivity index (χ3n) is 10.6. The Labute approximate surface area is 174 Å². The van der Waals surface area contributed by atoms with Gasteiger partial charge in [-0.15, -0.1) is 0 Å². The molecule has 4 aliphatic rings. The molecule has 0 aliphatic heterocycles. The maximum Gasteiger partial charge on any atom is 0.0431 e. The van der Waals surface area contributed by atoms with Crippen molar-refractivity contribution in [2.24, 2.45) is 46.3 Å². The van der Waals surface area contributed by atoms with E-state index in [1.54, 1.807) is 6.42 Å². The van der Waals surface area contributed by atoms with Gasteiger partial charge in [-0.25, -0.2) is 0 Å². The molecule has 0 aromatic carbocycles. The van der Waals surface area contributed by atoms with Crippen LogP contribution < -0.4 is 0 Å². The molecule has 4 saturated carbocycles. The first-order chi connectivity index (χ1) is 13.0. The Kier molecular flexibility index (Phi) is 7.24. The van der Waals surface area contributed by atoms with Gasteiger partial charge in [0.05, 0.1) is 0 Å². The molecular formula is C26H48O2. The molecule has 8 unspecified atom stereocenters. The predicted molar refractivity (Wildman–Crippen MR) is 118 cm³/mol. The van der Waals surface area contributed by atoms with E-state index in [9.17, 15) is 5.11 Å². The third kappa shape index (κ3) is 3.59. The van der Waals surface area contributed by atoms with Crippen LogP contribution in [0.4, 0.5) is 0 Å². The van der Waals surface area contributed by atoms with E-state index in [4.69, 9.17) is 0 Å². The minimum absolute atomic E-state index is 0. The monoisotopic (exact) mass is 392 g/mol. The van der Waals surface area contributed by atoms with Crippen molar-refractivity contribution in [3.63, 3.8) is 0 Å². The highest BCUT2D eigenvalue weighted by atomic mass is 16.2. The lowest BCUT2D eigenvalue weighted by Gasteiger charge is -2.63. The number of rotatable bonds is 6. The highest BCUT2D eigenvalue weighted by Gasteiger charge is 2.60. The van der Waals surface area contributed by atoms with E-state index in [-0.39, 0.29) is 5.48 Å². The fraction of sp³-hybridized carbons (Fsp3) is 1.00. The lowest BCUT2D eigenvalue weighted by Crippen LogP contribution is -2.55. The molecule has 0 bridgehead atoms. The summed E-state index contributed by atoms with van der Waals surface area (Å²) in [5.41, 5.74) is 1.28. The molecule has 0 aromatic heterocycles. The third-order valence-corrected chi connectivity index (χ3v) is 10.6. The summed E-state index contributed by atoms with van der Waals surface area (Å²) in [7, 11) is 0. The summed E-state index contributed by atoms with van der Waals surface area (Å²) in [6.07, 6.45) is 20.2. The van der Waals surface area contributed by atoms with Gasteiger partial charge >= 0.3 is 0 Å². The van der Waals surface area contributed by atoms with Gasteiger partial charge in [-0.2, -0.15) is 0 Å². The molecule has 2 heteroatoms. The van der Waals surface area contributed by atoms with E-state index in [0.717, 1.165) is 41.9 Å². The van der Waals surface area contributed by atoms with E-state index in [1.807, 2.05) is 0 Å². The maximum absolute atomic E-state index is 9.21. The standard InChI is InChI=1S/C26H46O.H2O/c1-4-9-19-18-21-23-13-12-20(10-6-8-17-27)25(23,2)16-14-24(21)26(3)15-7-5-11-22(19)26;/h19-24,27H,4-18H2,1-3H3;1H2. The van der Waals surface area contributed by atoms with Crippen LogP contribution in [0, 0.1) is 46.3 Å². The SMILES string of the molecule is CCCC1CC2C3CCC(CCCCO)C3(C)CCC2C2(C)CCCCC12.O. The largest absolute Gasteiger partial charge is 0.412 e. The molecule has 0 spiro atoms. The van der Waals surface area contributed by atoms with Crippen LogP contribution >= 0.6 is 0 Å². The second-order valence-electron chi connectivity index (χ2n) is 11.6. The molecule has 0 amide bonds. The molecule has 8 atom stereocenters. The van der Waals surface area contributed by atoms with Gasteiger partial charge in [-0.05, 0) is 104 Å². The van der Waals surface area contributed by atoms with Crippen LogP contribution in [0.3, 0.4) is 0 Å². The fourth-order valence-electron chi connectivity index (χ4n) is 9.34. The van der Waals surface area contributed by atoms with Crippen molar-refractivity contribution in [3.8, 4) is 0 Å². The van der Waals surface area contributed by atoms with E-state index in [2.05, 4.69) is 20.8 Å². The van der Waals surface area contributed by atoms with Gasteiger partial charge in [-0.1, -0.05) is 52.9 Å². The first kappa shape index (κ1) is 22.6. The van der Waals surface area contributed by atoms with Gasteiger partial charge in [0, 0.05) is 6.61 Å². The lowest BCUT2D eigenvalue weighted by atomic mass is 9.42. The molecule has 28 heavy (non-hydrogen) atoms. The number of aliphatic hydroxyl groups excluding tert-OH is 1. The summed E-state index contributed by atoms with van der Waals surface area (Å²) in [5.74, 6) is 6.08. The van der Waals surface area contributed by atoms with Crippen LogP contribution in [0.5, 0.6) is 0 Å². The summed E-state index contributed by atoms with van der Waals surface area (Å²) >= 11 is 0. The highest BCUT2D eigenvalue weighted by Crippen LogP contribution is 2.69. The van der Waals surface area contributed by atoms with Crippen LogP contribution in [0.15, 0.2) is 0 Å². The normalized spacial score (nSPS) is 47.6. The zero-order valence-corrected chi connectivity index (χ0v) is 19.0. The molecule has 4 fully saturated rings. The number of fused-ring (bicyclic) bond motifs is 5. The minimum Gasteiger partial charge on any atom is -0.412 e. The number of hydrogen-bond acceptors (Lipinski definition) is 1. The van der Waals surface area contributed by atoms with E-state index >= 15 is 0 Å². The second-order valence-corrected chi connectivity index (χ2v) is 11.6. The second kappa shape index (κ2) is 8.96. The van der Waals surface area contributed by atoms with Gasteiger partial charge in [0.1, 0.15) is 0 Å². The average molecular weight is 393 g/mol. The molecule has 0 aromatic rings. The summed E-state index contributed by atoms with van der Waals surface area (Å²) < 4.78 is 0. The van der Waals surface area contributed by atoms with Crippen LogP contribution in [-0.4, -0.2) is 17.2 Å². The summed E-state index contributed by atoms with van der Waals surface area (Å²) in [4.78, 5) is 0. The Hall–Kier alpha value is -0.0800. The smallest absolute Gasteiger partial charge is 0.0431 e. The van der Waals surface area contributed by atoms with Gasteiger partial charge in [0.25, 0.3) is 0 Å². The molecule has 4 aliphatic carbocycles. The Morgan fingerprint density at radius 3 is 2.36 bits per heavy atom. The van der Waals surface area contributed by atoms with E-state index in [0.29, 0.717) is 17.4 Å².